The highest BCUT2D eigenvalue weighted by Crippen LogP contribution is 2.19. The maximum absolute atomic E-state index is 11.8. The summed E-state index contributed by atoms with van der Waals surface area (Å²) in [6.45, 7) is 8.19. The van der Waals surface area contributed by atoms with E-state index in [4.69, 9.17) is 0 Å². The minimum absolute atomic E-state index is 0.218. The summed E-state index contributed by atoms with van der Waals surface area (Å²) in [5, 5.41) is 6.57. The highest BCUT2D eigenvalue weighted by atomic mass is 16.2. The fraction of sp³-hybridized carbons (Fsp3) is 0.929. The number of nitrogens with one attached hydrogen (secondary N) is 2. The quantitative estimate of drug-likeness (QED) is 0.741. The number of piperidine rings is 1. The third kappa shape index (κ3) is 4.94. The van der Waals surface area contributed by atoms with Gasteiger partial charge in [0.05, 0.1) is 6.54 Å². The van der Waals surface area contributed by atoms with Crippen LogP contribution in [0.15, 0.2) is 0 Å². The lowest BCUT2D eigenvalue weighted by Crippen LogP contribution is -2.45. The Morgan fingerprint density at radius 1 is 1.33 bits per heavy atom. The maximum Gasteiger partial charge on any atom is 0.234 e. The SMILES string of the molecule is CC(C)NCC1CCCN(CC(=O)NC2CC2)C1. The van der Waals surface area contributed by atoms with Crippen molar-refractivity contribution in [2.24, 2.45) is 5.92 Å². The fourth-order valence-corrected chi connectivity index (χ4v) is 2.57. The molecule has 1 saturated carbocycles. The molecule has 2 N–H and O–H groups in total. The van der Waals surface area contributed by atoms with E-state index in [9.17, 15) is 4.79 Å². The van der Waals surface area contributed by atoms with Crippen LogP contribution in [0.5, 0.6) is 0 Å². The van der Waals surface area contributed by atoms with Gasteiger partial charge in [-0.2, -0.15) is 0 Å². The van der Waals surface area contributed by atoms with E-state index in [1.165, 1.54) is 25.7 Å². The second kappa shape index (κ2) is 6.53. The normalized spacial score (nSPS) is 25.4. The topological polar surface area (TPSA) is 44.4 Å². The van der Waals surface area contributed by atoms with E-state index >= 15 is 0 Å². The molecule has 1 aliphatic carbocycles. The summed E-state index contributed by atoms with van der Waals surface area (Å²) in [4.78, 5) is 14.1. The number of likely N-dealkylation sites (tertiary alicyclic amines) is 1. The van der Waals surface area contributed by atoms with Crippen LogP contribution in [0.4, 0.5) is 0 Å². The molecule has 0 radical (unpaired) electrons. The Morgan fingerprint density at radius 2 is 2.11 bits per heavy atom. The van der Waals surface area contributed by atoms with Gasteiger partial charge in [-0.3, -0.25) is 9.69 Å². The van der Waals surface area contributed by atoms with Crippen molar-refractivity contribution in [3.05, 3.63) is 0 Å². The summed E-state index contributed by atoms with van der Waals surface area (Å²) < 4.78 is 0. The molecule has 2 rings (SSSR count). The van der Waals surface area contributed by atoms with E-state index in [1.54, 1.807) is 0 Å². The summed E-state index contributed by atoms with van der Waals surface area (Å²) in [5.74, 6) is 0.921. The van der Waals surface area contributed by atoms with E-state index in [1.807, 2.05) is 0 Å². The number of nitrogens with zero attached hydrogens (tertiary/aromatic N) is 1. The number of carbonyl (C=O) groups excluding carboxylic acids is 1. The van der Waals surface area contributed by atoms with E-state index < -0.39 is 0 Å². The molecule has 0 aromatic rings. The maximum atomic E-state index is 11.8. The minimum Gasteiger partial charge on any atom is -0.352 e. The van der Waals surface area contributed by atoms with Crippen molar-refractivity contribution < 1.29 is 4.79 Å². The lowest BCUT2D eigenvalue weighted by molar-refractivity contribution is -0.122. The molecule has 1 unspecified atom stereocenters. The molecule has 1 aliphatic heterocycles. The van der Waals surface area contributed by atoms with E-state index in [0.29, 0.717) is 24.5 Å². The third-order valence-electron chi connectivity index (χ3n) is 3.73. The molecule has 18 heavy (non-hydrogen) atoms. The highest BCUT2D eigenvalue weighted by Gasteiger charge is 2.26. The molecule has 2 aliphatic rings. The average Bonchev–Trinajstić information content (AvgIpc) is 3.10. The standard InChI is InChI=1S/C14H27N3O/c1-11(2)15-8-12-4-3-7-17(9-12)10-14(18)16-13-5-6-13/h11-13,15H,3-10H2,1-2H3,(H,16,18). The largest absolute Gasteiger partial charge is 0.352 e. The first-order valence-corrected chi connectivity index (χ1v) is 7.38. The monoisotopic (exact) mass is 253 g/mol. The van der Waals surface area contributed by atoms with E-state index in [-0.39, 0.29) is 5.91 Å². The molecule has 1 atom stereocenters. The molecule has 2 fully saturated rings. The van der Waals surface area contributed by atoms with Gasteiger partial charge in [0.2, 0.25) is 5.91 Å². The Hall–Kier alpha value is -0.610. The first kappa shape index (κ1) is 13.8. The Kier molecular flexibility index (Phi) is 5.01. The third-order valence-corrected chi connectivity index (χ3v) is 3.73. The van der Waals surface area contributed by atoms with Crippen LogP contribution in [0.3, 0.4) is 0 Å². The van der Waals surface area contributed by atoms with Gasteiger partial charge >= 0.3 is 0 Å². The van der Waals surface area contributed by atoms with Gasteiger partial charge in [0.15, 0.2) is 0 Å². The predicted molar refractivity (Wildman–Crippen MR) is 73.5 cm³/mol. The Balaban J connectivity index is 1.66. The summed E-state index contributed by atoms with van der Waals surface area (Å²) >= 11 is 0. The van der Waals surface area contributed by atoms with E-state index in [0.717, 1.165) is 19.6 Å². The van der Waals surface area contributed by atoms with Crippen LogP contribution < -0.4 is 10.6 Å². The molecule has 1 saturated heterocycles. The van der Waals surface area contributed by atoms with Crippen LogP contribution in [-0.4, -0.2) is 49.1 Å². The van der Waals surface area contributed by atoms with Crippen LogP contribution in [-0.2, 0) is 4.79 Å². The molecule has 0 bridgehead atoms. The summed E-state index contributed by atoms with van der Waals surface area (Å²) in [7, 11) is 0. The minimum atomic E-state index is 0.218. The van der Waals surface area contributed by atoms with Crippen LogP contribution in [0, 0.1) is 5.92 Å². The smallest absolute Gasteiger partial charge is 0.234 e. The Bertz CT molecular complexity index is 276. The highest BCUT2D eigenvalue weighted by molar-refractivity contribution is 5.78. The molecule has 0 aromatic heterocycles. The molecule has 1 heterocycles. The van der Waals surface area contributed by atoms with Crippen molar-refractivity contribution >= 4 is 5.91 Å². The molecular formula is C14H27N3O. The predicted octanol–water partition coefficient (Wildman–Crippen LogP) is 0.975. The fourth-order valence-electron chi connectivity index (χ4n) is 2.57. The number of hydrogen-bond acceptors (Lipinski definition) is 3. The van der Waals surface area contributed by atoms with Crippen molar-refractivity contribution in [2.45, 2.75) is 51.6 Å². The summed E-state index contributed by atoms with van der Waals surface area (Å²) in [6.07, 6.45) is 4.86. The lowest BCUT2D eigenvalue weighted by atomic mass is 9.98. The number of carbonyl (C=O) groups is 1. The second-order valence-corrected chi connectivity index (χ2v) is 6.15. The number of amides is 1. The van der Waals surface area contributed by atoms with Gasteiger partial charge in [-0.15, -0.1) is 0 Å². The van der Waals surface area contributed by atoms with Crippen LogP contribution in [0.2, 0.25) is 0 Å². The van der Waals surface area contributed by atoms with Crippen molar-refractivity contribution in [1.29, 1.82) is 0 Å². The van der Waals surface area contributed by atoms with Crippen molar-refractivity contribution in [3.63, 3.8) is 0 Å². The molecular weight excluding hydrogens is 226 g/mol. The van der Waals surface area contributed by atoms with Gasteiger partial charge in [-0.25, -0.2) is 0 Å². The molecule has 0 aromatic carbocycles. The van der Waals surface area contributed by atoms with Gasteiger partial charge in [0, 0.05) is 18.6 Å². The Labute approximate surface area is 110 Å². The number of hydrogen-bond donors (Lipinski definition) is 2. The summed E-state index contributed by atoms with van der Waals surface area (Å²) in [6, 6.07) is 1.04. The lowest BCUT2D eigenvalue weighted by Gasteiger charge is -2.32. The van der Waals surface area contributed by atoms with Crippen molar-refractivity contribution in [2.75, 3.05) is 26.2 Å². The Morgan fingerprint density at radius 3 is 2.78 bits per heavy atom. The van der Waals surface area contributed by atoms with Gasteiger partial charge in [0.1, 0.15) is 0 Å². The molecule has 1 amide bonds. The number of rotatable bonds is 6. The first-order chi connectivity index (χ1) is 8.63. The van der Waals surface area contributed by atoms with Crippen molar-refractivity contribution in [3.8, 4) is 0 Å². The zero-order chi connectivity index (χ0) is 13.0. The molecule has 4 nitrogen and oxygen atoms in total. The second-order valence-electron chi connectivity index (χ2n) is 6.15. The van der Waals surface area contributed by atoms with Gasteiger partial charge < -0.3 is 10.6 Å². The van der Waals surface area contributed by atoms with Crippen LogP contribution in [0.25, 0.3) is 0 Å². The van der Waals surface area contributed by atoms with Crippen LogP contribution >= 0.6 is 0 Å². The summed E-state index contributed by atoms with van der Waals surface area (Å²) in [5.41, 5.74) is 0. The molecule has 0 spiro atoms. The van der Waals surface area contributed by atoms with Gasteiger partial charge in [-0.1, -0.05) is 13.8 Å². The molecule has 4 heteroatoms. The van der Waals surface area contributed by atoms with Crippen molar-refractivity contribution in [1.82, 2.24) is 15.5 Å². The zero-order valence-electron chi connectivity index (χ0n) is 11.7. The van der Waals surface area contributed by atoms with Crippen LogP contribution in [0.1, 0.15) is 39.5 Å². The first-order valence-electron chi connectivity index (χ1n) is 7.38. The zero-order valence-corrected chi connectivity index (χ0v) is 11.7. The van der Waals surface area contributed by atoms with Gasteiger partial charge in [-0.05, 0) is 44.7 Å². The molecule has 104 valence electrons. The average molecular weight is 253 g/mol. The van der Waals surface area contributed by atoms with Gasteiger partial charge in [0.25, 0.3) is 0 Å². The van der Waals surface area contributed by atoms with E-state index in [2.05, 4.69) is 29.4 Å².